The van der Waals surface area contributed by atoms with Gasteiger partial charge in [0, 0.05) is 29.9 Å². The third kappa shape index (κ3) is 4.23. The van der Waals surface area contributed by atoms with Gasteiger partial charge in [0.25, 0.3) is 5.91 Å². The van der Waals surface area contributed by atoms with Crippen molar-refractivity contribution in [1.82, 2.24) is 14.9 Å². The summed E-state index contributed by atoms with van der Waals surface area (Å²) in [7, 11) is 0. The van der Waals surface area contributed by atoms with E-state index < -0.39 is 0 Å². The average molecular weight is 415 g/mol. The average Bonchev–Trinajstić information content (AvgIpc) is 3.19. The number of hydrogen-bond acceptors (Lipinski definition) is 4. The lowest BCUT2D eigenvalue weighted by Gasteiger charge is -2.32. The maximum Gasteiger partial charge on any atom is 0.253 e. The molecule has 6 heteroatoms. The fraction of sp³-hybridized carbons (Fsp3) is 0.320. The topological polar surface area (TPSA) is 93.0 Å². The predicted molar refractivity (Wildman–Crippen MR) is 118 cm³/mol. The molecule has 1 amide bonds. The zero-order valence-electron chi connectivity index (χ0n) is 17.9. The summed E-state index contributed by atoms with van der Waals surface area (Å²) >= 11 is 0. The van der Waals surface area contributed by atoms with Crippen molar-refractivity contribution in [2.75, 3.05) is 13.1 Å². The number of amides is 1. The quantitative estimate of drug-likeness (QED) is 0.673. The summed E-state index contributed by atoms with van der Waals surface area (Å²) in [6, 6.07) is 15.6. The summed E-state index contributed by atoms with van der Waals surface area (Å²) in [4.78, 5) is 22.8. The molecule has 0 unspecified atom stereocenters. The van der Waals surface area contributed by atoms with Crippen LogP contribution in [0.1, 0.15) is 57.2 Å². The highest BCUT2D eigenvalue weighted by Crippen LogP contribution is 2.30. The smallest absolute Gasteiger partial charge is 0.253 e. The second-order valence-electron chi connectivity index (χ2n) is 8.15. The van der Waals surface area contributed by atoms with Gasteiger partial charge in [0.2, 0.25) is 0 Å². The van der Waals surface area contributed by atoms with E-state index in [9.17, 15) is 9.90 Å². The van der Waals surface area contributed by atoms with Crippen LogP contribution in [0.3, 0.4) is 0 Å². The number of likely N-dealkylation sites (tertiary alicyclic amines) is 1. The first kappa shape index (κ1) is 20.8. The van der Waals surface area contributed by atoms with E-state index in [4.69, 9.17) is 5.26 Å². The Morgan fingerprint density at radius 2 is 1.90 bits per heavy atom. The van der Waals surface area contributed by atoms with Crippen LogP contribution in [-0.2, 0) is 6.61 Å². The molecule has 1 saturated heterocycles. The van der Waals surface area contributed by atoms with E-state index in [0.717, 1.165) is 29.7 Å². The van der Waals surface area contributed by atoms with Crippen molar-refractivity contribution in [3.63, 3.8) is 0 Å². The number of carbonyl (C=O) groups excluding carboxylic acids is 1. The molecule has 2 aromatic carbocycles. The number of aromatic amines is 1. The molecule has 0 aliphatic carbocycles. The molecule has 3 aromatic rings. The Hall–Kier alpha value is -3.43. The molecule has 0 radical (unpaired) electrons. The zero-order chi connectivity index (χ0) is 22.0. The van der Waals surface area contributed by atoms with Gasteiger partial charge in [0.1, 0.15) is 5.82 Å². The summed E-state index contributed by atoms with van der Waals surface area (Å²) in [5, 5.41) is 18.4. The Morgan fingerprint density at radius 1 is 1.19 bits per heavy atom. The van der Waals surface area contributed by atoms with E-state index in [1.54, 1.807) is 0 Å². The molecule has 1 aromatic heterocycles. The number of aliphatic hydroxyl groups excluding tert-OH is 1. The van der Waals surface area contributed by atoms with Crippen molar-refractivity contribution < 1.29 is 9.90 Å². The molecule has 0 bridgehead atoms. The Kier molecular flexibility index (Phi) is 5.88. The largest absolute Gasteiger partial charge is 0.390 e. The standard InChI is InChI=1S/C25H26N4O2/c1-16-3-6-21(13-22(16)24-27-17(2)23(15-30)28-24)25(31)29-11-9-20(10-12-29)19-7-4-18(14-26)5-8-19/h3-8,13,20,30H,9-12,15H2,1-2H3,(H,27,28). The normalized spacial score (nSPS) is 14.5. The first-order chi connectivity index (χ1) is 15.0. The third-order valence-electron chi connectivity index (χ3n) is 6.17. The van der Waals surface area contributed by atoms with E-state index in [0.29, 0.717) is 41.7 Å². The molecule has 2 heterocycles. The number of nitrogens with one attached hydrogen (secondary N) is 1. The van der Waals surface area contributed by atoms with Gasteiger partial charge in [-0.2, -0.15) is 5.26 Å². The number of H-pyrrole nitrogens is 1. The van der Waals surface area contributed by atoms with Gasteiger partial charge in [-0.3, -0.25) is 4.79 Å². The Labute approximate surface area is 182 Å². The number of carbonyl (C=O) groups is 1. The van der Waals surface area contributed by atoms with Gasteiger partial charge >= 0.3 is 0 Å². The minimum atomic E-state index is -0.117. The Morgan fingerprint density at radius 3 is 2.52 bits per heavy atom. The Bertz CT molecular complexity index is 1130. The predicted octanol–water partition coefficient (Wildman–Crippen LogP) is 4.08. The lowest BCUT2D eigenvalue weighted by Crippen LogP contribution is -2.37. The number of aliphatic hydroxyl groups is 1. The van der Waals surface area contributed by atoms with Gasteiger partial charge < -0.3 is 15.0 Å². The van der Waals surface area contributed by atoms with E-state index in [2.05, 4.69) is 16.0 Å². The molecule has 31 heavy (non-hydrogen) atoms. The minimum Gasteiger partial charge on any atom is -0.390 e. The molecule has 0 spiro atoms. The minimum absolute atomic E-state index is 0.0326. The van der Waals surface area contributed by atoms with E-state index in [1.807, 2.05) is 61.2 Å². The first-order valence-corrected chi connectivity index (χ1v) is 10.6. The highest BCUT2D eigenvalue weighted by atomic mass is 16.3. The number of hydrogen-bond donors (Lipinski definition) is 2. The molecule has 0 saturated carbocycles. The molecule has 1 aliphatic rings. The molecule has 1 fully saturated rings. The number of nitrogens with zero attached hydrogens (tertiary/aromatic N) is 3. The summed E-state index contributed by atoms with van der Waals surface area (Å²) in [5.41, 5.74) is 5.91. The summed E-state index contributed by atoms with van der Waals surface area (Å²) in [5.74, 6) is 1.12. The van der Waals surface area contributed by atoms with E-state index in [-0.39, 0.29) is 12.5 Å². The van der Waals surface area contributed by atoms with Gasteiger partial charge in [-0.1, -0.05) is 18.2 Å². The van der Waals surface area contributed by atoms with Crippen LogP contribution in [0, 0.1) is 25.2 Å². The van der Waals surface area contributed by atoms with Gasteiger partial charge in [-0.15, -0.1) is 0 Å². The highest BCUT2D eigenvalue weighted by molar-refractivity contribution is 5.95. The van der Waals surface area contributed by atoms with Crippen molar-refractivity contribution in [3.05, 3.63) is 76.1 Å². The SMILES string of the molecule is Cc1ccc(C(=O)N2CCC(c3ccc(C#N)cc3)CC2)cc1-c1nc(CO)c(C)[nH]1. The fourth-order valence-electron chi connectivity index (χ4n) is 4.22. The van der Waals surface area contributed by atoms with Crippen LogP contribution >= 0.6 is 0 Å². The molecule has 158 valence electrons. The van der Waals surface area contributed by atoms with Crippen LogP contribution in [0.15, 0.2) is 42.5 Å². The fourth-order valence-corrected chi connectivity index (χ4v) is 4.22. The van der Waals surface area contributed by atoms with Crippen molar-refractivity contribution in [2.24, 2.45) is 0 Å². The number of aryl methyl sites for hydroxylation is 2. The van der Waals surface area contributed by atoms with Gasteiger partial charge in [-0.05, 0) is 68.0 Å². The summed E-state index contributed by atoms with van der Waals surface area (Å²) in [6.45, 7) is 5.17. The molecule has 0 atom stereocenters. The van der Waals surface area contributed by atoms with Crippen molar-refractivity contribution in [1.29, 1.82) is 5.26 Å². The molecule has 2 N–H and O–H groups in total. The van der Waals surface area contributed by atoms with Gasteiger partial charge in [0.15, 0.2) is 0 Å². The van der Waals surface area contributed by atoms with Crippen LogP contribution in [-0.4, -0.2) is 39.0 Å². The number of rotatable bonds is 4. The van der Waals surface area contributed by atoms with Gasteiger partial charge in [0.05, 0.1) is 23.9 Å². The lowest BCUT2D eigenvalue weighted by atomic mass is 9.89. The molecule has 6 nitrogen and oxygen atoms in total. The first-order valence-electron chi connectivity index (χ1n) is 10.6. The Balaban J connectivity index is 1.48. The molecular weight excluding hydrogens is 388 g/mol. The maximum absolute atomic E-state index is 13.2. The van der Waals surface area contributed by atoms with E-state index in [1.165, 1.54) is 5.56 Å². The number of benzene rings is 2. The van der Waals surface area contributed by atoms with Crippen LogP contribution in [0.25, 0.3) is 11.4 Å². The van der Waals surface area contributed by atoms with Crippen LogP contribution < -0.4 is 0 Å². The van der Waals surface area contributed by atoms with Crippen molar-refractivity contribution in [3.8, 4) is 17.5 Å². The number of aromatic nitrogens is 2. The second kappa shape index (κ2) is 8.75. The van der Waals surface area contributed by atoms with Gasteiger partial charge in [-0.25, -0.2) is 4.98 Å². The lowest BCUT2D eigenvalue weighted by molar-refractivity contribution is 0.0713. The third-order valence-corrected chi connectivity index (χ3v) is 6.17. The van der Waals surface area contributed by atoms with Crippen LogP contribution in [0.5, 0.6) is 0 Å². The molecular formula is C25H26N4O2. The number of nitriles is 1. The summed E-state index contributed by atoms with van der Waals surface area (Å²) < 4.78 is 0. The molecule has 1 aliphatic heterocycles. The van der Waals surface area contributed by atoms with E-state index >= 15 is 0 Å². The summed E-state index contributed by atoms with van der Waals surface area (Å²) in [6.07, 6.45) is 1.82. The van der Waals surface area contributed by atoms with Crippen molar-refractivity contribution >= 4 is 5.91 Å². The zero-order valence-corrected chi connectivity index (χ0v) is 17.9. The van der Waals surface area contributed by atoms with Crippen LogP contribution in [0.2, 0.25) is 0 Å². The highest BCUT2D eigenvalue weighted by Gasteiger charge is 2.25. The second-order valence-corrected chi connectivity index (χ2v) is 8.15. The molecule has 4 rings (SSSR count). The number of imidazole rings is 1. The number of piperidine rings is 1. The monoisotopic (exact) mass is 414 g/mol. The van der Waals surface area contributed by atoms with Crippen LogP contribution in [0.4, 0.5) is 0 Å². The maximum atomic E-state index is 13.2. The van der Waals surface area contributed by atoms with Crippen molar-refractivity contribution in [2.45, 2.75) is 39.2 Å².